The molecule has 0 aromatic heterocycles. The fourth-order valence-corrected chi connectivity index (χ4v) is 5.12. The highest BCUT2D eigenvalue weighted by atomic mass is 16.6. The molecule has 3 nitrogen and oxygen atoms in total. The summed E-state index contributed by atoms with van der Waals surface area (Å²) in [5.74, 6) is -0.488. The van der Waals surface area contributed by atoms with Gasteiger partial charge in [0.05, 0.1) is 5.92 Å². The monoisotopic (exact) mass is 478 g/mol. The number of esters is 1. The van der Waals surface area contributed by atoms with E-state index in [1.165, 1.54) is 135 Å². The third kappa shape index (κ3) is 16.7. The van der Waals surface area contributed by atoms with Crippen LogP contribution in [0.4, 0.5) is 0 Å². The topological polar surface area (TPSA) is 46.5 Å². The van der Waals surface area contributed by atoms with Crippen molar-refractivity contribution in [2.75, 3.05) is 0 Å². The Kier molecular flexibility index (Phi) is 20.8. The first kappa shape index (κ1) is 31.2. The van der Waals surface area contributed by atoms with Gasteiger partial charge < -0.3 is 9.84 Å². The van der Waals surface area contributed by atoms with Crippen LogP contribution in [0.1, 0.15) is 162 Å². The Labute approximate surface area is 212 Å². The summed E-state index contributed by atoms with van der Waals surface area (Å²) >= 11 is 0. The van der Waals surface area contributed by atoms with Gasteiger partial charge in [-0.2, -0.15) is 0 Å². The van der Waals surface area contributed by atoms with Crippen LogP contribution < -0.4 is 0 Å². The van der Waals surface area contributed by atoms with Crippen molar-refractivity contribution in [3.63, 3.8) is 0 Å². The molecule has 200 valence electrons. The molecule has 0 radical (unpaired) electrons. The van der Waals surface area contributed by atoms with Crippen molar-refractivity contribution in [3.05, 3.63) is 12.2 Å². The molecule has 0 aliphatic carbocycles. The van der Waals surface area contributed by atoms with Gasteiger partial charge in [0.15, 0.2) is 0 Å². The van der Waals surface area contributed by atoms with Gasteiger partial charge in [-0.05, 0) is 39.0 Å². The van der Waals surface area contributed by atoms with E-state index >= 15 is 0 Å². The summed E-state index contributed by atoms with van der Waals surface area (Å²) in [6.45, 7) is 4.06. The first-order valence-corrected chi connectivity index (χ1v) is 15.2. The zero-order valence-corrected chi connectivity index (χ0v) is 22.9. The average molecular weight is 479 g/mol. The van der Waals surface area contributed by atoms with E-state index in [0.717, 1.165) is 12.8 Å². The largest absolute Gasteiger partial charge is 0.460 e. The maximum atomic E-state index is 11.7. The number of aliphatic hydroxyl groups is 1. The van der Waals surface area contributed by atoms with Crippen molar-refractivity contribution in [1.29, 1.82) is 0 Å². The van der Waals surface area contributed by atoms with Crippen molar-refractivity contribution >= 4 is 5.97 Å². The molecule has 0 spiro atoms. The molecule has 3 atom stereocenters. The zero-order chi connectivity index (χ0) is 24.7. The lowest BCUT2D eigenvalue weighted by molar-refractivity contribution is -0.143. The van der Waals surface area contributed by atoms with E-state index in [9.17, 15) is 9.90 Å². The lowest BCUT2D eigenvalue weighted by Crippen LogP contribution is -2.24. The molecule has 34 heavy (non-hydrogen) atoms. The van der Waals surface area contributed by atoms with E-state index in [0.29, 0.717) is 0 Å². The van der Waals surface area contributed by atoms with E-state index in [1.807, 2.05) is 0 Å². The molecule has 1 aliphatic heterocycles. The predicted octanol–water partition coefficient (Wildman–Crippen LogP) is 9.46. The Morgan fingerprint density at radius 1 is 0.647 bits per heavy atom. The van der Waals surface area contributed by atoms with Gasteiger partial charge in [-0.15, -0.1) is 0 Å². The van der Waals surface area contributed by atoms with Crippen LogP contribution in [0.3, 0.4) is 0 Å². The summed E-state index contributed by atoms with van der Waals surface area (Å²) in [7, 11) is 0. The maximum Gasteiger partial charge on any atom is 0.312 e. The van der Waals surface area contributed by atoms with Crippen LogP contribution in [0.15, 0.2) is 12.2 Å². The average Bonchev–Trinajstić information content (AvgIpc) is 3.07. The first-order valence-electron chi connectivity index (χ1n) is 15.2. The highest BCUT2D eigenvalue weighted by Crippen LogP contribution is 2.26. The number of aliphatic hydroxyl groups excluding tert-OH is 1. The van der Waals surface area contributed by atoms with Crippen molar-refractivity contribution < 1.29 is 14.6 Å². The SMILES string of the molecule is CCCCCCCCC=CCCCCCCCCCCCCCCCC[C@H]1C(=O)O[C@H](C)[C@@H]1O. The third-order valence-electron chi connectivity index (χ3n) is 7.52. The quantitative estimate of drug-likeness (QED) is 0.0853. The molecule has 1 fully saturated rings. The third-order valence-corrected chi connectivity index (χ3v) is 7.52. The van der Waals surface area contributed by atoms with Crippen LogP contribution in [0.2, 0.25) is 0 Å². The molecule has 1 aliphatic rings. The van der Waals surface area contributed by atoms with E-state index < -0.39 is 6.10 Å². The second kappa shape index (κ2) is 22.6. The lowest BCUT2D eigenvalue weighted by atomic mass is 9.95. The minimum atomic E-state index is -0.603. The number of cyclic esters (lactones) is 1. The summed E-state index contributed by atoms with van der Waals surface area (Å²) in [5.41, 5.74) is 0. The summed E-state index contributed by atoms with van der Waals surface area (Å²) in [4.78, 5) is 11.7. The highest BCUT2D eigenvalue weighted by Gasteiger charge is 2.40. The van der Waals surface area contributed by atoms with Gasteiger partial charge in [0.1, 0.15) is 12.2 Å². The van der Waals surface area contributed by atoms with Gasteiger partial charge in [-0.3, -0.25) is 4.79 Å². The van der Waals surface area contributed by atoms with Gasteiger partial charge in [-0.1, -0.05) is 135 Å². The van der Waals surface area contributed by atoms with Crippen molar-refractivity contribution in [3.8, 4) is 0 Å². The molecule has 0 unspecified atom stereocenters. The minimum Gasteiger partial charge on any atom is -0.460 e. The fraction of sp³-hybridized carbons (Fsp3) is 0.903. The number of rotatable bonds is 24. The van der Waals surface area contributed by atoms with Gasteiger partial charge in [-0.25, -0.2) is 0 Å². The van der Waals surface area contributed by atoms with Gasteiger partial charge in [0.25, 0.3) is 0 Å². The Bertz CT molecular complexity index is 487. The summed E-state index contributed by atoms with van der Waals surface area (Å²) in [5, 5.41) is 9.96. The standard InChI is InChI=1S/C31H58O3/c1-3-4-5-6-7-8-9-10-11-12-13-14-15-16-17-18-19-20-21-22-23-24-25-26-27-29-30(32)28(2)34-31(29)33/h10-11,28-30,32H,3-9,12-27H2,1-2H3/t28-,29-,30+/m1/s1. The second-order valence-corrected chi connectivity index (χ2v) is 10.8. The highest BCUT2D eigenvalue weighted by molar-refractivity contribution is 5.75. The van der Waals surface area contributed by atoms with Crippen molar-refractivity contribution in [1.82, 2.24) is 0 Å². The lowest BCUT2D eigenvalue weighted by Gasteiger charge is -2.11. The molecule has 0 bridgehead atoms. The van der Waals surface area contributed by atoms with Crippen LogP contribution in [0.25, 0.3) is 0 Å². The van der Waals surface area contributed by atoms with Crippen LogP contribution in [0, 0.1) is 5.92 Å². The summed E-state index contributed by atoms with van der Waals surface area (Å²) in [6.07, 6.45) is 34.4. The molecule has 0 saturated carbocycles. The maximum absolute atomic E-state index is 11.7. The molecule has 1 N–H and O–H groups in total. The number of unbranched alkanes of at least 4 members (excludes halogenated alkanes) is 20. The van der Waals surface area contributed by atoms with Gasteiger partial charge in [0.2, 0.25) is 0 Å². The Balaban J connectivity index is 1.71. The molecule has 1 saturated heterocycles. The first-order chi connectivity index (χ1) is 16.7. The molecule has 0 amide bonds. The Hall–Kier alpha value is -0.830. The summed E-state index contributed by atoms with van der Waals surface area (Å²) < 4.78 is 5.10. The van der Waals surface area contributed by atoms with Crippen molar-refractivity contribution in [2.24, 2.45) is 5.92 Å². The molecule has 1 rings (SSSR count). The van der Waals surface area contributed by atoms with Crippen LogP contribution in [0.5, 0.6) is 0 Å². The zero-order valence-electron chi connectivity index (χ0n) is 22.9. The number of carbonyl (C=O) groups excluding carboxylic acids is 1. The molecular weight excluding hydrogens is 420 g/mol. The number of hydrogen-bond acceptors (Lipinski definition) is 3. The van der Waals surface area contributed by atoms with Gasteiger partial charge >= 0.3 is 5.97 Å². The Morgan fingerprint density at radius 3 is 1.41 bits per heavy atom. The second-order valence-electron chi connectivity index (χ2n) is 10.8. The predicted molar refractivity (Wildman–Crippen MR) is 146 cm³/mol. The smallest absolute Gasteiger partial charge is 0.312 e. The molecule has 3 heteroatoms. The van der Waals surface area contributed by atoms with E-state index in [4.69, 9.17) is 4.74 Å². The molecule has 1 heterocycles. The molecule has 0 aromatic rings. The van der Waals surface area contributed by atoms with Crippen LogP contribution in [-0.2, 0) is 9.53 Å². The molecular formula is C31H58O3. The fourth-order valence-electron chi connectivity index (χ4n) is 5.12. The van der Waals surface area contributed by atoms with Gasteiger partial charge in [0, 0.05) is 0 Å². The van der Waals surface area contributed by atoms with Crippen LogP contribution in [-0.4, -0.2) is 23.3 Å². The van der Waals surface area contributed by atoms with Crippen molar-refractivity contribution in [2.45, 2.75) is 174 Å². The number of carbonyl (C=O) groups is 1. The molecule has 0 aromatic carbocycles. The van der Waals surface area contributed by atoms with E-state index in [1.54, 1.807) is 6.92 Å². The van der Waals surface area contributed by atoms with E-state index in [2.05, 4.69) is 19.1 Å². The minimum absolute atomic E-state index is 0.203. The van der Waals surface area contributed by atoms with Crippen LogP contribution >= 0.6 is 0 Å². The van der Waals surface area contributed by atoms with E-state index in [-0.39, 0.29) is 18.0 Å². The number of hydrogen-bond donors (Lipinski definition) is 1. The Morgan fingerprint density at radius 2 is 1.03 bits per heavy atom. The normalized spacial score (nSPS) is 20.4. The number of ether oxygens (including phenoxy) is 1. The summed E-state index contributed by atoms with van der Waals surface area (Å²) in [6, 6.07) is 0. The number of allylic oxidation sites excluding steroid dienone is 2.